The Kier molecular flexibility index (Phi) is 3.84. The molecule has 4 aromatic rings. The highest BCUT2D eigenvalue weighted by atomic mass is 32.1. The van der Waals surface area contributed by atoms with Gasteiger partial charge >= 0.3 is 0 Å². The van der Waals surface area contributed by atoms with Gasteiger partial charge in [-0.15, -0.1) is 11.3 Å². The number of fused-ring (bicyclic) bond motifs is 1. The Bertz CT molecular complexity index is 1120. The summed E-state index contributed by atoms with van der Waals surface area (Å²) in [5, 5.41) is 6.29. The van der Waals surface area contributed by atoms with Gasteiger partial charge in [0, 0.05) is 29.6 Å². The second-order valence-corrected chi connectivity index (χ2v) is 8.65. The number of hydrogen-bond donors (Lipinski definition) is 0. The fraction of sp³-hybridized carbons (Fsp3) is 0.381. The fourth-order valence-electron chi connectivity index (χ4n) is 4.05. The van der Waals surface area contributed by atoms with Crippen LogP contribution in [0, 0.1) is 0 Å². The maximum Gasteiger partial charge on any atom is 0.277 e. The second kappa shape index (κ2) is 6.53. The molecule has 6 nitrogen and oxygen atoms in total. The quantitative estimate of drug-likeness (QED) is 0.498. The van der Waals surface area contributed by atoms with Crippen LogP contribution in [0.25, 0.3) is 27.9 Å². The van der Waals surface area contributed by atoms with Crippen molar-refractivity contribution >= 4 is 16.3 Å². The monoisotopic (exact) mass is 391 g/mol. The minimum Gasteiger partial charge on any atom is -0.332 e. The third kappa shape index (κ3) is 2.86. The van der Waals surface area contributed by atoms with Gasteiger partial charge in [-0.05, 0) is 44.3 Å². The number of hydrogen-bond acceptors (Lipinski definition) is 6. The average Bonchev–Trinajstić information content (AvgIpc) is 3.15. The molecule has 2 fully saturated rings. The first-order chi connectivity index (χ1) is 13.8. The van der Waals surface area contributed by atoms with E-state index < -0.39 is 0 Å². The molecule has 0 bridgehead atoms. The molecule has 0 atom stereocenters. The molecule has 6 rings (SSSR count). The molecule has 1 saturated heterocycles. The standard InChI is InChI=1S/C21H21N5OS/c1-2-10-25(9-1)13-14-3-5-16(6-4-14)19-23-20(27-24-19)18-17(15-7-8-15)22-21-26(18)11-12-28-21/h3-6,11-12,15H,1-2,7-10,13H2. The lowest BCUT2D eigenvalue weighted by atomic mass is 10.1. The zero-order valence-corrected chi connectivity index (χ0v) is 16.4. The molecule has 3 aromatic heterocycles. The molecule has 0 spiro atoms. The molecule has 0 radical (unpaired) electrons. The normalized spacial score (nSPS) is 17.7. The van der Waals surface area contributed by atoms with Crippen LogP contribution in [0.4, 0.5) is 0 Å². The Morgan fingerprint density at radius 2 is 1.89 bits per heavy atom. The molecule has 0 N–H and O–H groups in total. The van der Waals surface area contributed by atoms with Crippen molar-refractivity contribution in [1.82, 2.24) is 24.4 Å². The van der Waals surface area contributed by atoms with E-state index in [-0.39, 0.29) is 0 Å². The second-order valence-electron chi connectivity index (χ2n) is 7.78. The molecule has 7 heteroatoms. The number of imidazole rings is 1. The topological polar surface area (TPSA) is 59.5 Å². The number of benzene rings is 1. The Balaban J connectivity index is 1.30. The highest BCUT2D eigenvalue weighted by Gasteiger charge is 2.33. The van der Waals surface area contributed by atoms with Gasteiger partial charge in [0.2, 0.25) is 5.82 Å². The van der Waals surface area contributed by atoms with Crippen molar-refractivity contribution in [3.63, 3.8) is 0 Å². The van der Waals surface area contributed by atoms with Gasteiger partial charge in [-0.1, -0.05) is 29.4 Å². The van der Waals surface area contributed by atoms with Crippen LogP contribution in [0.1, 0.15) is 42.9 Å². The highest BCUT2D eigenvalue weighted by Crippen LogP contribution is 2.44. The molecule has 142 valence electrons. The van der Waals surface area contributed by atoms with Crippen molar-refractivity contribution in [1.29, 1.82) is 0 Å². The van der Waals surface area contributed by atoms with Crippen molar-refractivity contribution in [3.05, 3.63) is 47.1 Å². The van der Waals surface area contributed by atoms with Crippen LogP contribution in [-0.4, -0.2) is 37.5 Å². The predicted molar refractivity (Wildman–Crippen MR) is 108 cm³/mol. The van der Waals surface area contributed by atoms with Gasteiger partial charge in [0.05, 0.1) is 5.69 Å². The third-order valence-electron chi connectivity index (χ3n) is 5.70. The maximum atomic E-state index is 5.67. The van der Waals surface area contributed by atoms with E-state index in [9.17, 15) is 0 Å². The van der Waals surface area contributed by atoms with Crippen molar-refractivity contribution < 1.29 is 4.52 Å². The molecule has 1 saturated carbocycles. The van der Waals surface area contributed by atoms with E-state index in [1.54, 1.807) is 11.3 Å². The van der Waals surface area contributed by atoms with Crippen LogP contribution in [-0.2, 0) is 6.54 Å². The van der Waals surface area contributed by atoms with Crippen LogP contribution in [0.15, 0.2) is 40.4 Å². The lowest BCUT2D eigenvalue weighted by Crippen LogP contribution is -2.18. The first-order valence-corrected chi connectivity index (χ1v) is 10.8. The van der Waals surface area contributed by atoms with Gasteiger partial charge in [-0.25, -0.2) is 4.98 Å². The van der Waals surface area contributed by atoms with E-state index in [0.29, 0.717) is 17.6 Å². The number of rotatable bonds is 5. The van der Waals surface area contributed by atoms with Crippen LogP contribution in [0.5, 0.6) is 0 Å². The molecule has 2 aliphatic rings. The SMILES string of the molecule is c1cn2c(-c3nc(-c4ccc(CN5CCCC5)cc4)no3)c(C3CC3)nc2s1. The van der Waals surface area contributed by atoms with Gasteiger partial charge in [0.15, 0.2) is 4.96 Å². The third-order valence-corrected chi connectivity index (χ3v) is 6.46. The zero-order valence-electron chi connectivity index (χ0n) is 15.5. The number of nitrogens with zero attached hydrogens (tertiary/aromatic N) is 5. The van der Waals surface area contributed by atoms with Crippen LogP contribution >= 0.6 is 11.3 Å². The largest absolute Gasteiger partial charge is 0.332 e. The van der Waals surface area contributed by atoms with Gasteiger partial charge in [-0.3, -0.25) is 9.30 Å². The molecule has 4 heterocycles. The summed E-state index contributed by atoms with van der Waals surface area (Å²) in [6, 6.07) is 8.54. The molecular formula is C21H21N5OS. The van der Waals surface area contributed by atoms with E-state index in [1.807, 2.05) is 11.6 Å². The summed E-state index contributed by atoms with van der Waals surface area (Å²) in [6.07, 6.45) is 7.05. The lowest BCUT2D eigenvalue weighted by molar-refractivity contribution is 0.331. The first kappa shape index (κ1) is 16.4. The molecular weight excluding hydrogens is 370 g/mol. The summed E-state index contributed by atoms with van der Waals surface area (Å²) in [7, 11) is 0. The maximum absolute atomic E-state index is 5.67. The van der Waals surface area contributed by atoms with Crippen LogP contribution in [0.3, 0.4) is 0 Å². The minimum atomic E-state index is 0.530. The van der Waals surface area contributed by atoms with Crippen molar-refractivity contribution in [3.8, 4) is 23.0 Å². The highest BCUT2D eigenvalue weighted by molar-refractivity contribution is 7.15. The summed E-state index contributed by atoms with van der Waals surface area (Å²) in [4.78, 5) is 13.0. The van der Waals surface area contributed by atoms with Gasteiger partial charge in [0.25, 0.3) is 5.89 Å². The van der Waals surface area contributed by atoms with Crippen LogP contribution in [0.2, 0.25) is 0 Å². The lowest BCUT2D eigenvalue weighted by Gasteiger charge is -2.14. The molecule has 28 heavy (non-hydrogen) atoms. The summed E-state index contributed by atoms with van der Waals surface area (Å²) >= 11 is 1.64. The van der Waals surface area contributed by atoms with Gasteiger partial charge in [-0.2, -0.15) is 4.98 Å². The summed E-state index contributed by atoms with van der Waals surface area (Å²) in [5.41, 5.74) is 4.38. The van der Waals surface area contributed by atoms with E-state index in [4.69, 9.17) is 14.5 Å². The van der Waals surface area contributed by atoms with Crippen molar-refractivity contribution in [2.24, 2.45) is 0 Å². The van der Waals surface area contributed by atoms with E-state index in [0.717, 1.165) is 28.5 Å². The Hall–Kier alpha value is -2.51. The predicted octanol–water partition coefficient (Wildman–Crippen LogP) is 4.59. The number of aromatic nitrogens is 4. The smallest absolute Gasteiger partial charge is 0.277 e. The average molecular weight is 392 g/mol. The Morgan fingerprint density at radius 1 is 1.07 bits per heavy atom. The summed E-state index contributed by atoms with van der Waals surface area (Å²) in [5.74, 6) is 1.72. The summed E-state index contributed by atoms with van der Waals surface area (Å²) in [6.45, 7) is 3.44. The number of likely N-dealkylation sites (tertiary alicyclic amines) is 1. The van der Waals surface area contributed by atoms with Gasteiger partial charge < -0.3 is 4.52 Å². The summed E-state index contributed by atoms with van der Waals surface area (Å²) < 4.78 is 7.75. The number of thiazole rings is 1. The molecule has 0 amide bonds. The van der Waals surface area contributed by atoms with Crippen molar-refractivity contribution in [2.45, 2.75) is 38.1 Å². The van der Waals surface area contributed by atoms with Crippen molar-refractivity contribution in [2.75, 3.05) is 13.1 Å². The van der Waals surface area contributed by atoms with E-state index >= 15 is 0 Å². The minimum absolute atomic E-state index is 0.530. The molecule has 1 aliphatic carbocycles. The first-order valence-electron chi connectivity index (χ1n) is 9.96. The Morgan fingerprint density at radius 3 is 2.68 bits per heavy atom. The fourth-order valence-corrected chi connectivity index (χ4v) is 4.77. The molecule has 1 aromatic carbocycles. The van der Waals surface area contributed by atoms with Crippen LogP contribution < -0.4 is 0 Å². The van der Waals surface area contributed by atoms with Gasteiger partial charge in [0.1, 0.15) is 5.69 Å². The van der Waals surface area contributed by atoms with E-state index in [1.165, 1.54) is 44.3 Å². The Labute approximate surface area is 166 Å². The van der Waals surface area contributed by atoms with E-state index in [2.05, 4.69) is 38.7 Å². The molecule has 0 unspecified atom stereocenters. The zero-order chi connectivity index (χ0) is 18.5. The molecule has 1 aliphatic heterocycles.